The Hall–Kier alpha value is -3.87. The summed E-state index contributed by atoms with van der Waals surface area (Å²) in [6.45, 7) is 0.824. The van der Waals surface area contributed by atoms with Gasteiger partial charge in [-0.25, -0.2) is 19.2 Å². The van der Waals surface area contributed by atoms with E-state index in [1.54, 1.807) is 0 Å². The first kappa shape index (κ1) is 33.3. The van der Waals surface area contributed by atoms with Crippen molar-refractivity contribution < 1.29 is 38.6 Å². The third-order valence-corrected chi connectivity index (χ3v) is 6.97. The molecule has 2 rings (SSSR count). The van der Waals surface area contributed by atoms with Crippen LogP contribution >= 0.6 is 0 Å². The highest BCUT2D eigenvalue weighted by Crippen LogP contribution is 2.31. The number of carbonyl (C=O) groups excluding carboxylic acids is 4. The number of hydrogen-bond donors (Lipinski definition) is 6. The molecule has 0 radical (unpaired) electrons. The number of amides is 4. The van der Waals surface area contributed by atoms with Gasteiger partial charge >= 0.3 is 24.1 Å². The zero-order valence-electron chi connectivity index (χ0n) is 23.6. The van der Waals surface area contributed by atoms with Crippen molar-refractivity contribution in [2.24, 2.45) is 5.73 Å². The number of methoxy groups -OCH3 is 1. The summed E-state index contributed by atoms with van der Waals surface area (Å²) < 4.78 is 10.1. The maximum atomic E-state index is 13.3. The molecule has 13 nitrogen and oxygen atoms in total. The fraction of sp³-hybridized carbons (Fsp3) is 0.607. The molecule has 0 heterocycles. The SMILES string of the molecule is COC(=O)C1(NC(=O)[C@@H](CCCCNC(=O)OCc2ccccc2)NC(=O)N[C@@H](CCCCN)C(=O)O)CCCC1. The quantitative estimate of drug-likeness (QED) is 0.118. The molecular weight excluding hydrogens is 534 g/mol. The van der Waals surface area contributed by atoms with E-state index in [2.05, 4.69) is 21.3 Å². The Balaban J connectivity index is 1.94. The van der Waals surface area contributed by atoms with Gasteiger partial charge in [-0.2, -0.15) is 0 Å². The number of carboxylic acid groups (broad SMARTS) is 1. The molecular formula is C28H43N5O8. The molecule has 41 heavy (non-hydrogen) atoms. The number of nitrogens with two attached hydrogens (primary N) is 1. The average molecular weight is 578 g/mol. The molecule has 1 aliphatic rings. The third-order valence-electron chi connectivity index (χ3n) is 6.97. The minimum atomic E-state index is -1.20. The van der Waals surface area contributed by atoms with Gasteiger partial charge in [0.25, 0.3) is 0 Å². The lowest BCUT2D eigenvalue weighted by Gasteiger charge is -2.30. The lowest BCUT2D eigenvalue weighted by molar-refractivity contribution is -0.151. The number of carboxylic acids is 1. The maximum absolute atomic E-state index is 13.3. The van der Waals surface area contributed by atoms with Crippen molar-refractivity contribution in [2.45, 2.75) is 88.4 Å². The first-order valence-electron chi connectivity index (χ1n) is 14.1. The van der Waals surface area contributed by atoms with E-state index in [4.69, 9.17) is 15.2 Å². The van der Waals surface area contributed by atoms with E-state index in [-0.39, 0.29) is 26.0 Å². The molecule has 0 unspecified atom stereocenters. The monoisotopic (exact) mass is 577 g/mol. The maximum Gasteiger partial charge on any atom is 0.407 e. The number of rotatable bonds is 17. The highest BCUT2D eigenvalue weighted by atomic mass is 16.5. The van der Waals surface area contributed by atoms with Crippen LogP contribution in [0, 0.1) is 0 Å². The number of nitrogens with one attached hydrogen (secondary N) is 4. The van der Waals surface area contributed by atoms with Crippen LogP contribution in [0.1, 0.15) is 69.8 Å². The summed E-state index contributed by atoms with van der Waals surface area (Å²) in [5, 5.41) is 19.9. The first-order valence-corrected chi connectivity index (χ1v) is 14.1. The Morgan fingerprint density at radius 2 is 1.59 bits per heavy atom. The predicted molar refractivity (Wildman–Crippen MR) is 150 cm³/mol. The van der Waals surface area contributed by atoms with E-state index in [0.29, 0.717) is 45.1 Å². The molecule has 2 atom stereocenters. The van der Waals surface area contributed by atoms with Crippen LogP contribution in [0.5, 0.6) is 0 Å². The van der Waals surface area contributed by atoms with Crippen molar-refractivity contribution in [1.29, 1.82) is 0 Å². The van der Waals surface area contributed by atoms with Crippen LogP contribution in [0.3, 0.4) is 0 Å². The topological polar surface area (TPSA) is 198 Å². The van der Waals surface area contributed by atoms with Crippen LogP contribution in [0.25, 0.3) is 0 Å². The van der Waals surface area contributed by atoms with Crippen LogP contribution in [0.4, 0.5) is 9.59 Å². The van der Waals surface area contributed by atoms with Crippen molar-refractivity contribution in [1.82, 2.24) is 21.3 Å². The number of esters is 1. The van der Waals surface area contributed by atoms with Crippen LogP contribution in [-0.2, 0) is 30.5 Å². The van der Waals surface area contributed by atoms with Crippen LogP contribution in [0.2, 0.25) is 0 Å². The molecule has 0 aliphatic heterocycles. The lowest BCUT2D eigenvalue weighted by atomic mass is 9.96. The number of alkyl carbamates (subject to hydrolysis) is 1. The van der Waals surface area contributed by atoms with Gasteiger partial charge in [0.05, 0.1) is 7.11 Å². The summed E-state index contributed by atoms with van der Waals surface area (Å²) in [6.07, 6.45) is 4.15. The first-order chi connectivity index (χ1) is 19.7. The molecule has 7 N–H and O–H groups in total. The van der Waals surface area contributed by atoms with Crippen LogP contribution < -0.4 is 27.0 Å². The zero-order valence-corrected chi connectivity index (χ0v) is 23.6. The molecule has 0 aromatic heterocycles. The standard InChI is InChI=1S/C28H43N5O8/c1-40-25(37)28(15-7-8-16-28)33-23(34)21(31-26(38)32-22(24(35)36)14-5-9-17-29)13-6-10-18-30-27(39)41-19-20-11-3-2-4-12-20/h2-4,11-12,21-22H,5-10,13-19,29H2,1H3,(H,30,39)(H,33,34)(H,35,36)(H2,31,32,38)/t21-,22+/m1/s1. The molecule has 228 valence electrons. The smallest absolute Gasteiger partial charge is 0.407 e. The minimum absolute atomic E-state index is 0.138. The molecule has 4 amide bonds. The van der Waals surface area contributed by atoms with Gasteiger partial charge in [0.1, 0.15) is 24.2 Å². The molecule has 0 saturated heterocycles. The van der Waals surface area contributed by atoms with Gasteiger partial charge in [-0.1, -0.05) is 43.2 Å². The van der Waals surface area contributed by atoms with Gasteiger partial charge in [0, 0.05) is 6.54 Å². The van der Waals surface area contributed by atoms with Crippen molar-refractivity contribution in [3.63, 3.8) is 0 Å². The highest BCUT2D eigenvalue weighted by Gasteiger charge is 2.44. The second kappa shape index (κ2) is 17.7. The van der Waals surface area contributed by atoms with Crippen molar-refractivity contribution in [3.05, 3.63) is 35.9 Å². The summed E-state index contributed by atoms with van der Waals surface area (Å²) in [5.41, 5.74) is 5.16. The average Bonchev–Trinajstić information content (AvgIpc) is 3.44. The Morgan fingerprint density at radius 1 is 0.951 bits per heavy atom. The Kier molecular flexibility index (Phi) is 14.4. The van der Waals surface area contributed by atoms with Gasteiger partial charge < -0.3 is 41.6 Å². The largest absolute Gasteiger partial charge is 0.480 e. The number of hydrogen-bond acceptors (Lipinski definition) is 8. The molecule has 1 aromatic rings. The van der Waals surface area contributed by atoms with E-state index >= 15 is 0 Å². The summed E-state index contributed by atoms with van der Waals surface area (Å²) in [7, 11) is 1.26. The number of carbonyl (C=O) groups is 5. The van der Waals surface area contributed by atoms with E-state index < -0.39 is 47.6 Å². The summed E-state index contributed by atoms with van der Waals surface area (Å²) in [4.78, 5) is 62.1. The number of unbranched alkanes of at least 4 members (excludes halogenated alkanes) is 2. The second-order valence-corrected chi connectivity index (χ2v) is 10.1. The fourth-order valence-corrected chi connectivity index (χ4v) is 4.69. The van der Waals surface area contributed by atoms with Gasteiger partial charge in [-0.05, 0) is 63.5 Å². The van der Waals surface area contributed by atoms with E-state index in [1.807, 2.05) is 30.3 Å². The summed E-state index contributed by atoms with van der Waals surface area (Å²) >= 11 is 0. The number of urea groups is 1. The number of ether oxygens (including phenoxy) is 2. The molecule has 1 fully saturated rings. The van der Waals surface area contributed by atoms with E-state index in [0.717, 1.165) is 18.4 Å². The predicted octanol–water partition coefficient (Wildman–Crippen LogP) is 1.94. The molecule has 0 bridgehead atoms. The van der Waals surface area contributed by atoms with Gasteiger partial charge in [0.2, 0.25) is 5.91 Å². The Labute approximate surface area is 240 Å². The normalized spacial score (nSPS) is 15.2. The molecule has 1 saturated carbocycles. The minimum Gasteiger partial charge on any atom is -0.480 e. The Bertz CT molecular complexity index is 1000. The van der Waals surface area contributed by atoms with Gasteiger partial charge in [-0.3, -0.25) is 4.79 Å². The molecule has 1 aromatic carbocycles. The van der Waals surface area contributed by atoms with Crippen LogP contribution in [-0.4, -0.2) is 72.9 Å². The molecule has 1 aliphatic carbocycles. The van der Waals surface area contributed by atoms with Crippen molar-refractivity contribution in [3.8, 4) is 0 Å². The van der Waals surface area contributed by atoms with E-state index in [1.165, 1.54) is 7.11 Å². The van der Waals surface area contributed by atoms with E-state index in [9.17, 15) is 29.1 Å². The van der Waals surface area contributed by atoms with Gasteiger partial charge in [-0.15, -0.1) is 0 Å². The third kappa shape index (κ3) is 11.6. The van der Waals surface area contributed by atoms with Gasteiger partial charge in [0.15, 0.2) is 0 Å². The fourth-order valence-electron chi connectivity index (χ4n) is 4.69. The molecule has 0 spiro atoms. The number of benzene rings is 1. The Morgan fingerprint density at radius 3 is 2.22 bits per heavy atom. The van der Waals surface area contributed by atoms with Crippen molar-refractivity contribution >= 4 is 30.0 Å². The molecule has 13 heteroatoms. The number of aliphatic carboxylic acids is 1. The second-order valence-electron chi connectivity index (χ2n) is 10.1. The highest BCUT2D eigenvalue weighted by molar-refractivity contribution is 5.93. The van der Waals surface area contributed by atoms with Crippen molar-refractivity contribution in [2.75, 3.05) is 20.2 Å². The van der Waals surface area contributed by atoms with Crippen LogP contribution in [0.15, 0.2) is 30.3 Å². The summed E-state index contributed by atoms with van der Waals surface area (Å²) in [5.74, 6) is -2.31. The summed E-state index contributed by atoms with van der Waals surface area (Å²) in [6, 6.07) is 6.24. The lowest BCUT2D eigenvalue weighted by Crippen LogP contribution is -2.59. The zero-order chi connectivity index (χ0) is 30.1.